The Balaban J connectivity index is 1.80. The van der Waals surface area contributed by atoms with Gasteiger partial charge in [0.15, 0.2) is 5.82 Å². The predicted molar refractivity (Wildman–Crippen MR) is 90.9 cm³/mol. The van der Waals surface area contributed by atoms with E-state index in [9.17, 15) is 8.42 Å². The van der Waals surface area contributed by atoms with E-state index in [1.165, 1.54) is 17.9 Å². The lowest BCUT2D eigenvalue weighted by Crippen LogP contribution is -2.25. The molecule has 9 heteroatoms. The summed E-state index contributed by atoms with van der Waals surface area (Å²) in [6.07, 6.45) is 0. The highest BCUT2D eigenvalue weighted by Crippen LogP contribution is 2.21. The Kier molecular flexibility index (Phi) is 4.77. The molecule has 0 unspecified atom stereocenters. The molecule has 8 nitrogen and oxygen atoms in total. The van der Waals surface area contributed by atoms with E-state index in [-0.39, 0.29) is 11.4 Å². The van der Waals surface area contributed by atoms with Crippen molar-refractivity contribution >= 4 is 10.0 Å². The molecule has 1 N–H and O–H groups in total. The van der Waals surface area contributed by atoms with Crippen LogP contribution >= 0.6 is 0 Å². The molecule has 0 spiro atoms. The normalized spacial score (nSPS) is 11.4. The Bertz CT molecular complexity index is 970. The fourth-order valence-electron chi connectivity index (χ4n) is 2.35. The summed E-state index contributed by atoms with van der Waals surface area (Å²) in [7, 11) is -2.16. The largest absolute Gasteiger partial charge is 0.496 e. The Hall–Kier alpha value is -2.78. The first-order valence-corrected chi connectivity index (χ1v) is 8.96. The molecule has 0 atom stereocenters. The van der Waals surface area contributed by atoms with Gasteiger partial charge in [-0.25, -0.2) is 13.1 Å². The summed E-state index contributed by atoms with van der Waals surface area (Å²) in [6.45, 7) is 1.75. The average Bonchev–Trinajstić information content (AvgIpc) is 3.09. The molecule has 1 aromatic heterocycles. The van der Waals surface area contributed by atoms with Crippen molar-refractivity contribution in [3.8, 4) is 11.4 Å². The highest BCUT2D eigenvalue weighted by atomic mass is 32.2. The third-order valence-corrected chi connectivity index (χ3v) is 5.03. The number of benzene rings is 2. The van der Waals surface area contributed by atoms with E-state index >= 15 is 0 Å². The summed E-state index contributed by atoms with van der Waals surface area (Å²) in [5.41, 5.74) is 1.49. The van der Waals surface area contributed by atoms with Gasteiger partial charge in [0.05, 0.1) is 24.2 Å². The first-order chi connectivity index (χ1) is 12.0. The van der Waals surface area contributed by atoms with Crippen LogP contribution in [0.15, 0.2) is 53.4 Å². The molecule has 0 radical (unpaired) electrons. The first kappa shape index (κ1) is 17.1. The number of nitrogens with zero attached hydrogens (tertiary/aromatic N) is 4. The molecule has 0 aliphatic heterocycles. The lowest BCUT2D eigenvalue weighted by atomic mass is 10.2. The van der Waals surface area contributed by atoms with Crippen LogP contribution in [0.2, 0.25) is 0 Å². The molecular formula is C16H17N5O3S. The Labute approximate surface area is 145 Å². The summed E-state index contributed by atoms with van der Waals surface area (Å²) in [6, 6.07) is 13.9. The van der Waals surface area contributed by atoms with Gasteiger partial charge in [0.2, 0.25) is 10.0 Å². The third-order valence-electron chi connectivity index (χ3n) is 3.63. The molecule has 25 heavy (non-hydrogen) atoms. The lowest BCUT2D eigenvalue weighted by molar-refractivity contribution is 0.411. The number of methoxy groups -OCH3 is 1. The second kappa shape index (κ2) is 6.99. The number of aryl methyl sites for hydroxylation is 1. The second-order valence-electron chi connectivity index (χ2n) is 5.30. The van der Waals surface area contributed by atoms with E-state index in [0.717, 1.165) is 11.3 Å². The number of aromatic nitrogens is 4. The molecule has 2 aromatic carbocycles. The smallest absolute Gasteiger partial charge is 0.240 e. The maximum absolute atomic E-state index is 12.5. The van der Waals surface area contributed by atoms with Gasteiger partial charge in [-0.2, -0.15) is 4.68 Å². The monoisotopic (exact) mass is 359 g/mol. The quantitative estimate of drug-likeness (QED) is 0.715. The van der Waals surface area contributed by atoms with Crippen LogP contribution in [0.3, 0.4) is 0 Å². The van der Waals surface area contributed by atoms with Gasteiger partial charge in [0.1, 0.15) is 5.75 Å². The van der Waals surface area contributed by atoms with Gasteiger partial charge < -0.3 is 4.74 Å². The van der Waals surface area contributed by atoms with Gasteiger partial charge in [0.25, 0.3) is 0 Å². The number of rotatable bonds is 6. The number of para-hydroxylation sites is 1. The summed E-state index contributed by atoms with van der Waals surface area (Å²) >= 11 is 0. The van der Waals surface area contributed by atoms with Crippen LogP contribution in [0, 0.1) is 6.92 Å². The van der Waals surface area contributed by atoms with Crippen LogP contribution < -0.4 is 9.46 Å². The predicted octanol–water partition coefficient (Wildman–Crippen LogP) is 1.46. The third kappa shape index (κ3) is 3.67. The SMILES string of the molecule is COc1ccc(S(=O)(=O)NCc2nnnn2-c2ccccc2)cc1C. The number of hydrogen-bond acceptors (Lipinski definition) is 6. The molecular weight excluding hydrogens is 342 g/mol. The summed E-state index contributed by atoms with van der Waals surface area (Å²) < 4.78 is 34.2. The van der Waals surface area contributed by atoms with Crippen molar-refractivity contribution in [1.82, 2.24) is 24.9 Å². The maximum Gasteiger partial charge on any atom is 0.240 e. The molecule has 3 rings (SSSR count). The van der Waals surface area contributed by atoms with Gasteiger partial charge in [-0.1, -0.05) is 18.2 Å². The summed E-state index contributed by atoms with van der Waals surface area (Å²) in [4.78, 5) is 0.157. The van der Waals surface area contributed by atoms with Crippen molar-refractivity contribution in [1.29, 1.82) is 0 Å². The fourth-order valence-corrected chi connectivity index (χ4v) is 3.41. The molecule has 0 amide bonds. The number of hydrogen-bond donors (Lipinski definition) is 1. The fraction of sp³-hybridized carbons (Fsp3) is 0.188. The number of sulfonamides is 1. The van der Waals surface area contributed by atoms with Crippen LogP contribution in [-0.4, -0.2) is 35.7 Å². The lowest BCUT2D eigenvalue weighted by Gasteiger charge is -2.10. The minimum absolute atomic E-state index is 0.0324. The van der Waals surface area contributed by atoms with Gasteiger partial charge in [-0.15, -0.1) is 5.10 Å². The first-order valence-electron chi connectivity index (χ1n) is 7.48. The topological polar surface area (TPSA) is 99.0 Å². The molecule has 0 aliphatic rings. The van der Waals surface area contributed by atoms with Crippen LogP contribution in [0.25, 0.3) is 5.69 Å². The van der Waals surface area contributed by atoms with E-state index in [0.29, 0.717) is 11.6 Å². The van der Waals surface area contributed by atoms with Crippen LogP contribution in [0.1, 0.15) is 11.4 Å². The summed E-state index contributed by atoms with van der Waals surface area (Å²) in [5, 5.41) is 11.4. The average molecular weight is 359 g/mol. The van der Waals surface area contributed by atoms with Gasteiger partial charge >= 0.3 is 0 Å². The zero-order valence-corrected chi connectivity index (χ0v) is 14.6. The Morgan fingerprint density at radius 3 is 2.60 bits per heavy atom. The van der Waals surface area contributed by atoms with Crippen molar-refractivity contribution in [3.63, 3.8) is 0 Å². The highest BCUT2D eigenvalue weighted by Gasteiger charge is 2.17. The van der Waals surface area contributed by atoms with E-state index in [4.69, 9.17) is 4.74 Å². The molecule has 0 saturated heterocycles. The van der Waals surface area contributed by atoms with E-state index < -0.39 is 10.0 Å². The van der Waals surface area contributed by atoms with Crippen LogP contribution in [0.5, 0.6) is 5.75 Å². The van der Waals surface area contributed by atoms with Crippen molar-refractivity contribution in [2.45, 2.75) is 18.4 Å². The highest BCUT2D eigenvalue weighted by molar-refractivity contribution is 7.89. The minimum atomic E-state index is -3.70. The molecule has 3 aromatic rings. The van der Waals surface area contributed by atoms with Gasteiger partial charge in [-0.05, 0) is 53.2 Å². The van der Waals surface area contributed by atoms with Crippen molar-refractivity contribution in [2.24, 2.45) is 0 Å². The van der Waals surface area contributed by atoms with Crippen molar-refractivity contribution in [2.75, 3.05) is 7.11 Å². The molecule has 0 bridgehead atoms. The van der Waals surface area contributed by atoms with E-state index in [1.54, 1.807) is 19.1 Å². The van der Waals surface area contributed by atoms with Crippen molar-refractivity contribution in [3.05, 3.63) is 59.9 Å². The zero-order valence-electron chi connectivity index (χ0n) is 13.7. The van der Waals surface area contributed by atoms with Gasteiger partial charge in [-0.3, -0.25) is 0 Å². The number of nitrogens with one attached hydrogen (secondary N) is 1. The minimum Gasteiger partial charge on any atom is -0.496 e. The number of tetrazole rings is 1. The summed E-state index contributed by atoms with van der Waals surface area (Å²) in [5.74, 6) is 1.02. The number of ether oxygens (including phenoxy) is 1. The maximum atomic E-state index is 12.5. The molecule has 0 saturated carbocycles. The second-order valence-corrected chi connectivity index (χ2v) is 7.07. The Morgan fingerprint density at radius 2 is 1.92 bits per heavy atom. The van der Waals surface area contributed by atoms with Gasteiger partial charge in [0, 0.05) is 0 Å². The van der Waals surface area contributed by atoms with Crippen LogP contribution in [-0.2, 0) is 16.6 Å². The molecule has 130 valence electrons. The standard InChI is InChI=1S/C16H17N5O3S/c1-12-10-14(8-9-15(12)24-2)25(22,23)17-11-16-18-19-20-21(16)13-6-4-3-5-7-13/h3-10,17H,11H2,1-2H3. The zero-order chi connectivity index (χ0) is 17.9. The van der Waals surface area contributed by atoms with E-state index in [1.807, 2.05) is 30.3 Å². The van der Waals surface area contributed by atoms with E-state index in [2.05, 4.69) is 20.2 Å². The van der Waals surface area contributed by atoms with Crippen LogP contribution in [0.4, 0.5) is 0 Å². The molecule has 0 fully saturated rings. The molecule has 1 heterocycles. The Morgan fingerprint density at radius 1 is 1.16 bits per heavy atom. The molecule has 0 aliphatic carbocycles. The van der Waals surface area contributed by atoms with Crippen molar-refractivity contribution < 1.29 is 13.2 Å².